The number of hydrogen-bond acceptors (Lipinski definition) is 6. The minimum Gasteiger partial charge on any atom is -0.383 e. The molecule has 3 aromatic heterocycles. The van der Waals surface area contributed by atoms with Gasteiger partial charge in [-0.05, 0) is 43.2 Å². The van der Waals surface area contributed by atoms with Gasteiger partial charge in [0.05, 0.1) is 28.2 Å². The third kappa shape index (κ3) is 5.49. The van der Waals surface area contributed by atoms with Crippen LogP contribution in [0.1, 0.15) is 48.1 Å². The van der Waals surface area contributed by atoms with Gasteiger partial charge in [-0.1, -0.05) is 37.2 Å². The van der Waals surface area contributed by atoms with E-state index < -0.39 is 11.8 Å². The zero-order chi connectivity index (χ0) is 29.3. The van der Waals surface area contributed by atoms with Crippen LogP contribution in [0, 0.1) is 0 Å². The number of pyridine rings is 2. The molecule has 1 aliphatic heterocycles. The normalized spacial score (nSPS) is 15.6. The van der Waals surface area contributed by atoms with E-state index in [0.29, 0.717) is 45.8 Å². The van der Waals surface area contributed by atoms with Gasteiger partial charge in [0.25, 0.3) is 11.8 Å². The van der Waals surface area contributed by atoms with Crippen molar-refractivity contribution in [2.24, 2.45) is 0 Å². The summed E-state index contributed by atoms with van der Waals surface area (Å²) in [5.74, 6) is -3.40. The average molecular weight is 580 g/mol. The molecule has 1 saturated heterocycles. The number of nitrogens with two attached hydrogens (primary N) is 1. The Labute approximate surface area is 240 Å². The van der Waals surface area contributed by atoms with Gasteiger partial charge >= 0.3 is 0 Å². The van der Waals surface area contributed by atoms with E-state index in [1.54, 1.807) is 33.8 Å². The summed E-state index contributed by atoms with van der Waals surface area (Å²) < 4.78 is 30.0. The number of rotatable bonds is 7. The van der Waals surface area contributed by atoms with Crippen molar-refractivity contribution in [2.75, 3.05) is 24.1 Å². The molecule has 212 valence electrons. The second-order valence-corrected chi connectivity index (χ2v) is 10.2. The second-order valence-electron chi connectivity index (χ2n) is 9.81. The largest absolute Gasteiger partial charge is 0.383 e. The van der Waals surface area contributed by atoms with E-state index in [0.717, 1.165) is 12.8 Å². The van der Waals surface area contributed by atoms with E-state index in [9.17, 15) is 18.4 Å². The fourth-order valence-corrected chi connectivity index (χ4v) is 5.24. The number of halogens is 3. The molecular weight excluding hydrogens is 552 g/mol. The molecule has 41 heavy (non-hydrogen) atoms. The van der Waals surface area contributed by atoms with Crippen LogP contribution < -0.4 is 11.1 Å². The zero-order valence-corrected chi connectivity index (χ0v) is 23.0. The molecule has 1 aromatic carbocycles. The van der Waals surface area contributed by atoms with Gasteiger partial charge in [-0.15, -0.1) is 0 Å². The molecule has 5 rings (SSSR count). The van der Waals surface area contributed by atoms with Crippen LogP contribution in [0.25, 0.3) is 22.2 Å². The summed E-state index contributed by atoms with van der Waals surface area (Å²) in [6.07, 6.45) is 5.22. The van der Waals surface area contributed by atoms with Crippen LogP contribution in [-0.2, 0) is 10.7 Å². The number of aromatic nitrogens is 4. The lowest BCUT2D eigenvalue weighted by atomic mass is 10.0. The highest BCUT2D eigenvalue weighted by Gasteiger charge is 2.30. The third-order valence-corrected chi connectivity index (χ3v) is 7.50. The fraction of sp³-hybridized carbons (Fsp3) is 0.276. The highest BCUT2D eigenvalue weighted by atomic mass is 35.5. The van der Waals surface area contributed by atoms with Crippen molar-refractivity contribution in [1.82, 2.24) is 24.6 Å². The lowest BCUT2D eigenvalue weighted by Gasteiger charge is -2.32. The van der Waals surface area contributed by atoms with Crippen molar-refractivity contribution >= 4 is 46.0 Å². The van der Waals surface area contributed by atoms with Gasteiger partial charge in [0.15, 0.2) is 0 Å². The zero-order valence-electron chi connectivity index (χ0n) is 22.3. The summed E-state index contributed by atoms with van der Waals surface area (Å²) in [5, 5.41) is 8.39. The molecule has 1 fully saturated rings. The van der Waals surface area contributed by atoms with E-state index in [4.69, 9.17) is 22.4 Å². The molecule has 9 nitrogen and oxygen atoms in total. The fourth-order valence-electron chi connectivity index (χ4n) is 5.01. The number of carbonyl (C=O) groups is 2. The molecule has 3 N–H and O–H groups in total. The van der Waals surface area contributed by atoms with Gasteiger partial charge < -0.3 is 16.0 Å². The number of carbonyl (C=O) groups excluding carboxylic acids is 2. The lowest BCUT2D eigenvalue weighted by Crippen LogP contribution is -2.40. The minimum atomic E-state index is -3.02. The number of nitrogens with one attached hydrogen (secondary N) is 1. The number of hydrogen-bond donors (Lipinski definition) is 2. The van der Waals surface area contributed by atoms with E-state index in [1.165, 1.54) is 37.5 Å². The van der Waals surface area contributed by atoms with Crippen LogP contribution in [0.15, 0.2) is 61.4 Å². The average Bonchev–Trinajstić information content (AvgIpc) is 3.41. The summed E-state index contributed by atoms with van der Waals surface area (Å²) in [6, 6.07) is 8.88. The topological polar surface area (TPSA) is 119 Å². The first kappa shape index (κ1) is 28.2. The molecule has 0 aliphatic carbocycles. The molecule has 0 radical (unpaired) electrons. The predicted octanol–water partition coefficient (Wildman–Crippen LogP) is 5.83. The molecule has 1 aliphatic rings. The van der Waals surface area contributed by atoms with E-state index in [2.05, 4.69) is 21.9 Å². The molecule has 1 unspecified atom stereocenters. The van der Waals surface area contributed by atoms with Gasteiger partial charge in [-0.3, -0.25) is 14.3 Å². The molecular formula is C29H28ClF2N7O2. The summed E-state index contributed by atoms with van der Waals surface area (Å²) in [7, 11) is 0. The molecule has 0 bridgehead atoms. The Morgan fingerprint density at radius 1 is 1.24 bits per heavy atom. The highest BCUT2D eigenvalue weighted by molar-refractivity contribution is 6.35. The summed E-state index contributed by atoms with van der Waals surface area (Å²) >= 11 is 6.59. The SMILES string of the molecule is C=CC(=O)N1CCCC(n2nc(-c3ccc(C(=O)Nc4cc(C(F)(F)CC)ccn4)cc3)c3c(N)ncc(Cl)c32)C1. The molecule has 0 saturated carbocycles. The van der Waals surface area contributed by atoms with Gasteiger partial charge in [0, 0.05) is 42.4 Å². The van der Waals surface area contributed by atoms with Crippen LogP contribution in [0.2, 0.25) is 5.02 Å². The Bertz CT molecular complexity index is 1640. The lowest BCUT2D eigenvalue weighted by molar-refractivity contribution is -0.127. The van der Waals surface area contributed by atoms with Crippen LogP contribution >= 0.6 is 11.6 Å². The number of fused-ring (bicyclic) bond motifs is 1. The van der Waals surface area contributed by atoms with Crippen molar-refractivity contribution in [2.45, 2.75) is 38.2 Å². The molecule has 12 heteroatoms. The standard InChI is InChI=1S/C29H28ClF2N7O2/c1-3-23(40)38-13-5-6-20(16-38)39-26-21(30)15-35-27(33)24(26)25(37-39)17-7-9-18(10-8-17)28(41)36-22-14-19(11-12-34-22)29(31,32)4-2/h3,7-12,14-15,20H,1,4-6,13,16H2,2H3,(H2,33,35)(H,34,36,41). The molecule has 4 heterocycles. The second kappa shape index (κ2) is 11.2. The number of likely N-dealkylation sites (tertiary alicyclic amines) is 1. The monoisotopic (exact) mass is 579 g/mol. The number of amides is 2. The summed E-state index contributed by atoms with van der Waals surface area (Å²) in [4.78, 5) is 35.1. The van der Waals surface area contributed by atoms with Crippen LogP contribution in [0.5, 0.6) is 0 Å². The number of benzene rings is 1. The first-order valence-corrected chi connectivity index (χ1v) is 13.5. The maximum Gasteiger partial charge on any atom is 0.273 e. The number of piperidine rings is 1. The van der Waals surface area contributed by atoms with Crippen molar-refractivity contribution in [3.63, 3.8) is 0 Å². The third-order valence-electron chi connectivity index (χ3n) is 7.23. The Hall–Kier alpha value is -4.38. The van der Waals surface area contributed by atoms with Crippen molar-refractivity contribution in [3.05, 3.63) is 77.6 Å². The minimum absolute atomic E-state index is 0.0272. The number of anilines is 2. The number of nitrogens with zero attached hydrogens (tertiary/aromatic N) is 5. The van der Waals surface area contributed by atoms with Crippen LogP contribution in [-0.4, -0.2) is 49.6 Å². The maximum absolute atomic E-state index is 14.1. The van der Waals surface area contributed by atoms with Crippen LogP contribution in [0.3, 0.4) is 0 Å². The van der Waals surface area contributed by atoms with Gasteiger partial charge in [-0.2, -0.15) is 5.10 Å². The molecule has 1 atom stereocenters. The quantitative estimate of drug-likeness (QED) is 0.266. The summed E-state index contributed by atoms with van der Waals surface area (Å²) in [5.41, 5.74) is 8.18. The summed E-state index contributed by atoms with van der Waals surface area (Å²) in [6.45, 7) is 6.05. The van der Waals surface area contributed by atoms with Gasteiger partial charge in [0.2, 0.25) is 5.91 Å². The first-order chi connectivity index (χ1) is 19.6. The van der Waals surface area contributed by atoms with E-state index in [-0.39, 0.29) is 35.6 Å². The van der Waals surface area contributed by atoms with E-state index in [1.807, 2.05) is 0 Å². The smallest absolute Gasteiger partial charge is 0.273 e. The van der Waals surface area contributed by atoms with E-state index >= 15 is 0 Å². The van der Waals surface area contributed by atoms with Crippen LogP contribution in [0.4, 0.5) is 20.4 Å². The molecule has 2 amide bonds. The first-order valence-electron chi connectivity index (χ1n) is 13.1. The van der Waals surface area contributed by atoms with Crippen molar-refractivity contribution in [3.8, 4) is 11.3 Å². The maximum atomic E-state index is 14.1. The van der Waals surface area contributed by atoms with Gasteiger partial charge in [-0.25, -0.2) is 18.7 Å². The van der Waals surface area contributed by atoms with Crippen molar-refractivity contribution in [1.29, 1.82) is 0 Å². The number of nitrogen functional groups attached to an aromatic ring is 1. The van der Waals surface area contributed by atoms with Crippen molar-refractivity contribution < 1.29 is 18.4 Å². The Balaban J connectivity index is 1.45. The highest BCUT2D eigenvalue weighted by Crippen LogP contribution is 2.38. The molecule has 4 aromatic rings. The Kier molecular flexibility index (Phi) is 7.72. The Morgan fingerprint density at radius 2 is 2.00 bits per heavy atom. The Morgan fingerprint density at radius 3 is 2.71 bits per heavy atom. The number of alkyl halides is 2. The predicted molar refractivity (Wildman–Crippen MR) is 154 cm³/mol. The van der Waals surface area contributed by atoms with Gasteiger partial charge in [0.1, 0.15) is 17.3 Å². The molecule has 0 spiro atoms.